The summed E-state index contributed by atoms with van der Waals surface area (Å²) in [5, 5.41) is 10.5. The summed E-state index contributed by atoms with van der Waals surface area (Å²) in [6, 6.07) is 8.18. The van der Waals surface area contributed by atoms with E-state index in [4.69, 9.17) is 4.74 Å². The van der Waals surface area contributed by atoms with Crippen LogP contribution in [0.15, 0.2) is 24.4 Å². The summed E-state index contributed by atoms with van der Waals surface area (Å²) in [7, 11) is 1.62. The summed E-state index contributed by atoms with van der Waals surface area (Å²) in [4.78, 5) is 36.1. The van der Waals surface area contributed by atoms with Gasteiger partial charge in [-0.3, -0.25) is 14.6 Å². The molecule has 3 heterocycles. The zero-order valence-corrected chi connectivity index (χ0v) is 19.6. The standard InChI is InChI=1S/C25H31N5O3/c1-4-22(31)28-11-13-30(14-12-28)24(32)20-16-27-21-15-18(33-3)5-6-19(21)23(20)29-9-7-25(2,17-26)8-10-29/h5-6,15-16H,4,7-14H2,1-3H3. The van der Waals surface area contributed by atoms with Gasteiger partial charge in [0.2, 0.25) is 5.91 Å². The first kappa shape index (κ1) is 22.8. The Balaban J connectivity index is 1.68. The number of hydrogen-bond donors (Lipinski definition) is 0. The maximum atomic E-state index is 13.6. The molecule has 2 fully saturated rings. The fourth-order valence-electron chi connectivity index (χ4n) is 4.67. The van der Waals surface area contributed by atoms with Crippen LogP contribution in [0.25, 0.3) is 10.9 Å². The van der Waals surface area contributed by atoms with Gasteiger partial charge in [-0.1, -0.05) is 6.92 Å². The highest BCUT2D eigenvalue weighted by Crippen LogP contribution is 2.38. The maximum absolute atomic E-state index is 13.6. The van der Waals surface area contributed by atoms with Crippen LogP contribution in [-0.4, -0.2) is 73.0 Å². The summed E-state index contributed by atoms with van der Waals surface area (Å²) in [6.07, 6.45) is 3.64. The Morgan fingerprint density at radius 2 is 1.79 bits per heavy atom. The van der Waals surface area contributed by atoms with Gasteiger partial charge in [-0.25, -0.2) is 0 Å². The molecule has 0 unspecified atom stereocenters. The highest BCUT2D eigenvalue weighted by atomic mass is 16.5. The number of rotatable bonds is 4. The smallest absolute Gasteiger partial charge is 0.257 e. The number of aromatic nitrogens is 1. The highest BCUT2D eigenvalue weighted by molar-refractivity contribution is 6.07. The number of nitrogens with zero attached hydrogens (tertiary/aromatic N) is 5. The number of benzene rings is 1. The lowest BCUT2D eigenvalue weighted by Crippen LogP contribution is -2.50. The zero-order chi connectivity index (χ0) is 23.6. The van der Waals surface area contributed by atoms with Crippen molar-refractivity contribution in [3.8, 4) is 11.8 Å². The summed E-state index contributed by atoms with van der Waals surface area (Å²) < 4.78 is 5.36. The number of piperazine rings is 1. The first-order valence-electron chi connectivity index (χ1n) is 11.6. The molecule has 0 spiro atoms. The molecule has 2 aromatic rings. The van der Waals surface area contributed by atoms with Crippen LogP contribution in [0.2, 0.25) is 0 Å². The van der Waals surface area contributed by atoms with E-state index in [2.05, 4.69) is 16.0 Å². The van der Waals surface area contributed by atoms with Gasteiger partial charge in [0, 0.05) is 63.3 Å². The third kappa shape index (κ3) is 4.45. The van der Waals surface area contributed by atoms with Gasteiger partial charge < -0.3 is 19.4 Å². The lowest BCUT2D eigenvalue weighted by molar-refractivity contribution is -0.132. The monoisotopic (exact) mass is 449 g/mol. The summed E-state index contributed by atoms with van der Waals surface area (Å²) in [5.41, 5.74) is 1.88. The molecule has 33 heavy (non-hydrogen) atoms. The number of nitriles is 1. The van der Waals surface area contributed by atoms with Gasteiger partial charge in [0.25, 0.3) is 5.91 Å². The Hall–Kier alpha value is -3.34. The Kier molecular flexibility index (Phi) is 6.41. The SMILES string of the molecule is CCC(=O)N1CCN(C(=O)c2cnc3cc(OC)ccc3c2N2CCC(C)(C#N)CC2)CC1. The van der Waals surface area contributed by atoms with E-state index in [1.54, 1.807) is 13.3 Å². The van der Waals surface area contributed by atoms with E-state index in [0.29, 0.717) is 57.0 Å². The van der Waals surface area contributed by atoms with Crippen molar-refractivity contribution in [3.63, 3.8) is 0 Å². The molecular weight excluding hydrogens is 418 g/mol. The van der Waals surface area contributed by atoms with Crippen molar-refractivity contribution in [2.24, 2.45) is 5.41 Å². The van der Waals surface area contributed by atoms with E-state index >= 15 is 0 Å². The molecule has 0 bridgehead atoms. The van der Waals surface area contributed by atoms with Crippen LogP contribution in [-0.2, 0) is 4.79 Å². The summed E-state index contributed by atoms with van der Waals surface area (Å²) in [6.45, 7) is 7.39. The van der Waals surface area contributed by atoms with E-state index < -0.39 is 0 Å². The molecule has 2 amide bonds. The highest BCUT2D eigenvalue weighted by Gasteiger charge is 2.33. The predicted molar refractivity (Wildman–Crippen MR) is 126 cm³/mol. The molecule has 8 heteroatoms. The first-order valence-corrected chi connectivity index (χ1v) is 11.6. The van der Waals surface area contributed by atoms with Crippen LogP contribution in [0.5, 0.6) is 5.75 Å². The minimum atomic E-state index is -0.338. The number of amides is 2. The van der Waals surface area contributed by atoms with Crippen molar-refractivity contribution in [3.05, 3.63) is 30.0 Å². The largest absolute Gasteiger partial charge is 0.497 e. The molecule has 2 aliphatic rings. The number of piperidine rings is 1. The minimum absolute atomic E-state index is 0.0626. The van der Waals surface area contributed by atoms with Gasteiger partial charge in [-0.05, 0) is 31.9 Å². The average molecular weight is 450 g/mol. The normalized spacial score (nSPS) is 18.2. The van der Waals surface area contributed by atoms with Crippen molar-refractivity contribution < 1.29 is 14.3 Å². The molecule has 0 radical (unpaired) electrons. The Morgan fingerprint density at radius 1 is 1.12 bits per heavy atom. The van der Waals surface area contributed by atoms with Gasteiger partial charge in [0.05, 0.1) is 35.4 Å². The van der Waals surface area contributed by atoms with Crippen molar-refractivity contribution in [2.75, 3.05) is 51.3 Å². The fraction of sp³-hybridized carbons (Fsp3) is 0.520. The van der Waals surface area contributed by atoms with Crippen LogP contribution in [0.1, 0.15) is 43.5 Å². The molecular formula is C25H31N5O3. The van der Waals surface area contributed by atoms with Crippen molar-refractivity contribution in [1.82, 2.24) is 14.8 Å². The number of methoxy groups -OCH3 is 1. The first-order chi connectivity index (χ1) is 15.9. The number of ether oxygens (including phenoxy) is 1. The van der Waals surface area contributed by atoms with Crippen LogP contribution in [0.3, 0.4) is 0 Å². The van der Waals surface area contributed by atoms with Crippen molar-refractivity contribution in [2.45, 2.75) is 33.1 Å². The van der Waals surface area contributed by atoms with Crippen molar-refractivity contribution >= 4 is 28.4 Å². The third-order valence-electron chi connectivity index (χ3n) is 6.95. The predicted octanol–water partition coefficient (Wildman–Crippen LogP) is 3.07. The minimum Gasteiger partial charge on any atom is -0.497 e. The molecule has 0 N–H and O–H groups in total. The molecule has 1 aromatic carbocycles. The number of carbonyl (C=O) groups is 2. The molecule has 0 saturated carbocycles. The van der Waals surface area contributed by atoms with E-state index in [9.17, 15) is 14.9 Å². The molecule has 2 aliphatic heterocycles. The topological polar surface area (TPSA) is 89.8 Å². The average Bonchev–Trinajstić information content (AvgIpc) is 2.87. The van der Waals surface area contributed by atoms with Gasteiger partial charge >= 0.3 is 0 Å². The van der Waals surface area contributed by atoms with Gasteiger partial charge in [-0.15, -0.1) is 0 Å². The number of fused-ring (bicyclic) bond motifs is 1. The molecule has 174 valence electrons. The maximum Gasteiger partial charge on any atom is 0.257 e. The molecule has 8 nitrogen and oxygen atoms in total. The summed E-state index contributed by atoms with van der Waals surface area (Å²) >= 11 is 0. The van der Waals surface area contributed by atoms with Crippen molar-refractivity contribution in [1.29, 1.82) is 5.26 Å². The van der Waals surface area contributed by atoms with E-state index in [1.165, 1.54) is 0 Å². The second-order valence-corrected chi connectivity index (χ2v) is 9.09. The second kappa shape index (κ2) is 9.26. The number of pyridine rings is 1. The van der Waals surface area contributed by atoms with Gasteiger partial charge in [0.1, 0.15) is 5.75 Å². The van der Waals surface area contributed by atoms with Crippen LogP contribution in [0, 0.1) is 16.7 Å². The number of carbonyl (C=O) groups excluding carboxylic acids is 2. The van der Waals surface area contributed by atoms with E-state index in [0.717, 1.165) is 29.4 Å². The number of anilines is 1. The lowest BCUT2D eigenvalue weighted by atomic mass is 9.81. The molecule has 0 atom stereocenters. The Bertz CT molecular complexity index is 1090. The Labute approximate surface area is 194 Å². The second-order valence-electron chi connectivity index (χ2n) is 9.09. The number of hydrogen-bond acceptors (Lipinski definition) is 6. The molecule has 0 aliphatic carbocycles. The van der Waals surface area contributed by atoms with Gasteiger partial charge in [0.15, 0.2) is 0 Å². The quantitative estimate of drug-likeness (QED) is 0.713. The van der Waals surface area contributed by atoms with Crippen LogP contribution >= 0.6 is 0 Å². The molecule has 4 rings (SSSR count). The molecule has 2 saturated heterocycles. The zero-order valence-electron chi connectivity index (χ0n) is 19.6. The van der Waals surface area contributed by atoms with Crippen LogP contribution in [0.4, 0.5) is 5.69 Å². The lowest BCUT2D eigenvalue weighted by Gasteiger charge is -2.39. The van der Waals surface area contributed by atoms with E-state index in [1.807, 2.05) is 41.8 Å². The van der Waals surface area contributed by atoms with Crippen LogP contribution < -0.4 is 9.64 Å². The van der Waals surface area contributed by atoms with E-state index in [-0.39, 0.29) is 17.2 Å². The Morgan fingerprint density at radius 3 is 2.39 bits per heavy atom. The fourth-order valence-corrected chi connectivity index (χ4v) is 4.67. The third-order valence-corrected chi connectivity index (χ3v) is 6.95. The van der Waals surface area contributed by atoms with Gasteiger partial charge in [-0.2, -0.15) is 5.26 Å². The summed E-state index contributed by atoms with van der Waals surface area (Å²) in [5.74, 6) is 0.776. The molecule has 1 aromatic heterocycles.